The van der Waals surface area contributed by atoms with E-state index in [0.29, 0.717) is 6.42 Å². The van der Waals surface area contributed by atoms with Gasteiger partial charge < -0.3 is 20.2 Å². The van der Waals surface area contributed by atoms with Crippen molar-refractivity contribution < 1.29 is 9.85 Å². The minimum absolute atomic E-state index is 0.258. The maximum Gasteiger partial charge on any atom is 0.490 e. The minimum atomic E-state index is -0.909. The fourth-order valence-corrected chi connectivity index (χ4v) is 1.05. The summed E-state index contributed by atoms with van der Waals surface area (Å²) in [4.78, 5) is 19.2. The monoisotopic (exact) mass is 215 g/mol. The molecule has 0 amide bonds. The number of hydrogen-bond acceptors (Lipinski definition) is 6. The van der Waals surface area contributed by atoms with Crippen LogP contribution in [-0.4, -0.2) is 24.8 Å². The first kappa shape index (κ1) is 11.0. The Balaban J connectivity index is 3.06. The quantitative estimate of drug-likeness (QED) is 0.531. The van der Waals surface area contributed by atoms with Crippen molar-refractivity contribution in [3.8, 4) is 0 Å². The Bertz CT molecular complexity index is 387. The van der Waals surface area contributed by atoms with E-state index in [9.17, 15) is 20.2 Å². The molecule has 0 aliphatic rings. The number of unbranched alkanes of at least 4 members (excludes halogenated alkanes) is 1. The Hall–Kier alpha value is -2.06. The zero-order chi connectivity index (χ0) is 11.4. The lowest BCUT2D eigenvalue weighted by Gasteiger charge is -1.95. The molecule has 0 saturated carbocycles. The van der Waals surface area contributed by atoms with E-state index < -0.39 is 21.5 Å². The summed E-state index contributed by atoms with van der Waals surface area (Å²) in [7, 11) is 0. The van der Waals surface area contributed by atoms with Crippen molar-refractivity contribution in [1.29, 1.82) is 0 Å². The van der Waals surface area contributed by atoms with Crippen LogP contribution in [0.1, 0.15) is 19.8 Å². The second-order valence-electron chi connectivity index (χ2n) is 2.83. The lowest BCUT2D eigenvalue weighted by atomic mass is 10.3. The fourth-order valence-electron chi connectivity index (χ4n) is 1.05. The van der Waals surface area contributed by atoms with Crippen LogP contribution >= 0.6 is 0 Å². The molecule has 0 aliphatic heterocycles. The number of aryl methyl sites for hydroxylation is 1. The molecule has 82 valence electrons. The Labute approximate surface area is 84.0 Å². The molecule has 0 aromatic carbocycles. The number of nitro groups is 2. The van der Waals surface area contributed by atoms with E-state index in [1.165, 1.54) is 0 Å². The van der Waals surface area contributed by atoms with E-state index >= 15 is 0 Å². The maximum absolute atomic E-state index is 10.6. The van der Waals surface area contributed by atoms with E-state index in [0.717, 1.165) is 11.1 Å². The molecule has 1 rings (SSSR count). The smallest absolute Gasteiger partial charge is 0.358 e. The highest BCUT2D eigenvalue weighted by atomic mass is 16.6. The summed E-state index contributed by atoms with van der Waals surface area (Å²) in [6.07, 6.45) is 1.46. The summed E-state index contributed by atoms with van der Waals surface area (Å²) in [6, 6.07) is 0. The molecule has 0 unspecified atom stereocenters. The third-order valence-electron chi connectivity index (χ3n) is 1.76. The molecule has 0 aliphatic carbocycles. The SMILES string of the molecule is CCCCn1nnc([N+](=O)[O-])c1[N+](=O)[O-]. The lowest BCUT2D eigenvalue weighted by Crippen LogP contribution is -2.05. The molecule has 1 heterocycles. The van der Waals surface area contributed by atoms with Gasteiger partial charge in [0.25, 0.3) is 0 Å². The number of rotatable bonds is 5. The summed E-state index contributed by atoms with van der Waals surface area (Å²) in [5, 5.41) is 27.5. The third kappa shape index (κ3) is 2.24. The van der Waals surface area contributed by atoms with Crippen molar-refractivity contribution in [3.63, 3.8) is 0 Å². The Morgan fingerprint density at radius 3 is 2.47 bits per heavy atom. The van der Waals surface area contributed by atoms with Crippen LogP contribution in [0.5, 0.6) is 0 Å². The summed E-state index contributed by atoms with van der Waals surface area (Å²) in [6.45, 7) is 2.16. The van der Waals surface area contributed by atoms with Crippen molar-refractivity contribution in [2.24, 2.45) is 0 Å². The highest BCUT2D eigenvalue weighted by Gasteiger charge is 2.34. The highest BCUT2D eigenvalue weighted by Crippen LogP contribution is 2.22. The molecular weight excluding hydrogens is 206 g/mol. The van der Waals surface area contributed by atoms with Gasteiger partial charge in [0.2, 0.25) is 0 Å². The van der Waals surface area contributed by atoms with Crippen LogP contribution in [0.2, 0.25) is 0 Å². The van der Waals surface area contributed by atoms with Gasteiger partial charge in [-0.1, -0.05) is 18.0 Å². The van der Waals surface area contributed by atoms with Crippen molar-refractivity contribution in [3.05, 3.63) is 20.2 Å². The predicted octanol–water partition coefficient (Wildman–Crippen LogP) is 0.895. The standard InChI is InChI=1S/C6H9N5O4/c1-2-3-4-9-6(11(14)15)5(7-8-9)10(12)13/h2-4H2,1H3. The Kier molecular flexibility index (Phi) is 3.26. The minimum Gasteiger partial charge on any atom is -0.358 e. The molecule has 0 fully saturated rings. The van der Waals surface area contributed by atoms with E-state index in [2.05, 4.69) is 10.3 Å². The van der Waals surface area contributed by atoms with Gasteiger partial charge in [-0.2, -0.15) is 0 Å². The van der Waals surface area contributed by atoms with Crippen molar-refractivity contribution in [2.45, 2.75) is 26.3 Å². The van der Waals surface area contributed by atoms with E-state index in [4.69, 9.17) is 0 Å². The molecule has 0 N–H and O–H groups in total. The predicted molar refractivity (Wildman–Crippen MR) is 48.2 cm³/mol. The summed E-state index contributed by atoms with van der Waals surface area (Å²) in [5.41, 5.74) is 0. The first-order chi connectivity index (χ1) is 7.07. The van der Waals surface area contributed by atoms with Gasteiger partial charge >= 0.3 is 11.6 Å². The molecular formula is C6H9N5O4. The normalized spacial score (nSPS) is 10.2. The maximum atomic E-state index is 10.6. The summed E-state index contributed by atoms with van der Waals surface area (Å²) >= 11 is 0. The molecule has 9 nitrogen and oxygen atoms in total. The van der Waals surface area contributed by atoms with Gasteiger partial charge in [0.05, 0.1) is 0 Å². The summed E-state index contributed by atoms with van der Waals surface area (Å²) in [5.74, 6) is -1.47. The molecule has 0 radical (unpaired) electrons. The first-order valence-electron chi connectivity index (χ1n) is 4.30. The third-order valence-corrected chi connectivity index (χ3v) is 1.76. The topological polar surface area (TPSA) is 117 Å². The van der Waals surface area contributed by atoms with Gasteiger partial charge in [-0.25, -0.2) is 0 Å². The van der Waals surface area contributed by atoms with Crippen molar-refractivity contribution in [2.75, 3.05) is 0 Å². The zero-order valence-electron chi connectivity index (χ0n) is 7.99. The van der Waals surface area contributed by atoms with Crippen LogP contribution in [0.3, 0.4) is 0 Å². The lowest BCUT2D eigenvalue weighted by molar-refractivity contribution is -0.428. The number of nitrogens with zero attached hydrogens (tertiary/aromatic N) is 5. The number of hydrogen-bond donors (Lipinski definition) is 0. The Morgan fingerprint density at radius 1 is 1.33 bits per heavy atom. The van der Waals surface area contributed by atoms with Gasteiger partial charge in [0.15, 0.2) is 0 Å². The largest absolute Gasteiger partial charge is 0.490 e. The average Bonchev–Trinajstić information content (AvgIpc) is 2.58. The molecule has 1 aromatic heterocycles. The van der Waals surface area contributed by atoms with Crippen LogP contribution in [0.25, 0.3) is 0 Å². The molecule has 0 atom stereocenters. The Morgan fingerprint density at radius 2 is 2.00 bits per heavy atom. The van der Waals surface area contributed by atoms with Crippen LogP contribution in [0, 0.1) is 20.2 Å². The first-order valence-corrected chi connectivity index (χ1v) is 4.30. The second kappa shape index (κ2) is 4.44. The molecule has 9 heteroatoms. The van der Waals surface area contributed by atoms with Gasteiger partial charge in [-0.05, 0) is 16.3 Å². The van der Waals surface area contributed by atoms with Gasteiger partial charge in [0.1, 0.15) is 16.9 Å². The highest BCUT2D eigenvalue weighted by molar-refractivity contribution is 5.38. The molecule has 0 saturated heterocycles. The van der Waals surface area contributed by atoms with E-state index in [-0.39, 0.29) is 6.54 Å². The van der Waals surface area contributed by atoms with Gasteiger partial charge in [-0.3, -0.25) is 0 Å². The van der Waals surface area contributed by atoms with Crippen molar-refractivity contribution in [1.82, 2.24) is 15.0 Å². The van der Waals surface area contributed by atoms with Gasteiger partial charge in [-0.15, -0.1) is 0 Å². The van der Waals surface area contributed by atoms with Crippen LogP contribution < -0.4 is 0 Å². The number of aromatic nitrogens is 3. The van der Waals surface area contributed by atoms with E-state index in [1.54, 1.807) is 0 Å². The molecule has 0 spiro atoms. The zero-order valence-corrected chi connectivity index (χ0v) is 7.99. The van der Waals surface area contributed by atoms with Crippen LogP contribution in [0.4, 0.5) is 11.6 Å². The molecule has 15 heavy (non-hydrogen) atoms. The van der Waals surface area contributed by atoms with Crippen LogP contribution in [-0.2, 0) is 6.54 Å². The van der Waals surface area contributed by atoms with Crippen LogP contribution in [0.15, 0.2) is 0 Å². The fraction of sp³-hybridized carbons (Fsp3) is 0.667. The molecule has 0 bridgehead atoms. The average molecular weight is 215 g/mol. The van der Waals surface area contributed by atoms with Gasteiger partial charge in [0, 0.05) is 0 Å². The summed E-state index contributed by atoms with van der Waals surface area (Å²) < 4.78 is 0.946. The molecule has 1 aromatic rings. The van der Waals surface area contributed by atoms with E-state index in [1.807, 2.05) is 6.92 Å². The van der Waals surface area contributed by atoms with Crippen molar-refractivity contribution >= 4 is 11.6 Å². The second-order valence-corrected chi connectivity index (χ2v) is 2.83.